The van der Waals surface area contributed by atoms with Crippen LogP contribution in [0, 0.1) is 16.7 Å². The van der Waals surface area contributed by atoms with Crippen molar-refractivity contribution in [3.63, 3.8) is 0 Å². The summed E-state index contributed by atoms with van der Waals surface area (Å²) in [6, 6.07) is 19.1. The monoisotopic (exact) mass is 596 g/mol. The summed E-state index contributed by atoms with van der Waals surface area (Å²) in [7, 11) is 1.86. The van der Waals surface area contributed by atoms with Gasteiger partial charge in [-0.3, -0.25) is 14.5 Å². The fourth-order valence-corrected chi connectivity index (χ4v) is 4.08. The number of rotatable bonds is 12. The average Bonchev–Trinajstić information content (AvgIpc) is 3.41. The van der Waals surface area contributed by atoms with E-state index in [1.54, 1.807) is 60.7 Å². The SMILES string of the molecule is CC.CC.Cn1c(CNc2ccc(C#N)cc2)nc2cc(C(=O)N(CCC(=O)C(C=O)(C=O)C=O)c3ccccn3)ccc21. The van der Waals surface area contributed by atoms with Crippen LogP contribution in [0.25, 0.3) is 11.0 Å². The molecule has 11 heteroatoms. The number of nitriles is 1. The number of ketones is 1. The molecule has 0 spiro atoms. The number of imidazole rings is 1. The molecule has 0 fully saturated rings. The van der Waals surface area contributed by atoms with Gasteiger partial charge in [0.2, 0.25) is 0 Å². The molecular weight excluding hydrogens is 560 g/mol. The molecule has 0 bridgehead atoms. The van der Waals surface area contributed by atoms with Crippen molar-refractivity contribution in [2.75, 3.05) is 16.8 Å². The minimum Gasteiger partial charge on any atom is -0.378 e. The molecule has 228 valence electrons. The number of benzene rings is 2. The first-order valence-electron chi connectivity index (χ1n) is 14.2. The lowest BCUT2D eigenvalue weighted by atomic mass is 9.86. The summed E-state index contributed by atoms with van der Waals surface area (Å²) in [5.41, 5.74) is 0.635. The van der Waals surface area contributed by atoms with Crippen molar-refractivity contribution >= 4 is 53.1 Å². The van der Waals surface area contributed by atoms with Crippen LogP contribution in [0.3, 0.4) is 0 Å². The van der Waals surface area contributed by atoms with Gasteiger partial charge in [0.25, 0.3) is 5.91 Å². The Labute approximate surface area is 256 Å². The second-order valence-electron chi connectivity index (χ2n) is 8.94. The van der Waals surface area contributed by atoms with E-state index in [0.29, 0.717) is 23.4 Å². The predicted molar refractivity (Wildman–Crippen MR) is 168 cm³/mol. The van der Waals surface area contributed by atoms with E-state index in [1.807, 2.05) is 39.3 Å². The van der Waals surface area contributed by atoms with Gasteiger partial charge in [-0.1, -0.05) is 33.8 Å². The highest BCUT2D eigenvalue weighted by Crippen LogP contribution is 2.22. The van der Waals surface area contributed by atoms with Crippen molar-refractivity contribution in [1.82, 2.24) is 14.5 Å². The Hall–Kier alpha value is -5.50. The topological polar surface area (TPSA) is 155 Å². The van der Waals surface area contributed by atoms with Crippen LogP contribution in [0.4, 0.5) is 11.5 Å². The van der Waals surface area contributed by atoms with Gasteiger partial charge in [0.1, 0.15) is 30.5 Å². The van der Waals surface area contributed by atoms with Crippen LogP contribution in [-0.4, -0.2) is 51.6 Å². The van der Waals surface area contributed by atoms with Crippen molar-refractivity contribution < 1.29 is 24.0 Å². The van der Waals surface area contributed by atoms with Gasteiger partial charge in [0, 0.05) is 37.5 Å². The van der Waals surface area contributed by atoms with Crippen LogP contribution in [0.5, 0.6) is 0 Å². The van der Waals surface area contributed by atoms with Crippen LogP contribution < -0.4 is 10.2 Å². The zero-order valence-corrected chi connectivity index (χ0v) is 25.5. The third-order valence-corrected chi connectivity index (χ3v) is 6.49. The molecule has 0 atom stereocenters. The standard InChI is InChI=1S/C29H24N6O5.2C2H6/c1-34-24-10-7-21(14-23(24)33-27(34)16-32-22-8-5-20(15-30)6-9-22)28(40)35(26-4-2-3-12-31-26)13-11-25(39)29(17-36,18-37)19-38;2*1-2/h2-10,12,14,17-19,32H,11,13,16H2,1H3;2*1-2H3. The van der Waals surface area contributed by atoms with Gasteiger partial charge in [0.15, 0.2) is 11.2 Å². The molecule has 2 aromatic heterocycles. The number of nitrogens with zero attached hydrogens (tertiary/aromatic N) is 5. The number of pyridine rings is 1. The van der Waals surface area contributed by atoms with E-state index in [1.165, 1.54) is 11.1 Å². The fourth-order valence-electron chi connectivity index (χ4n) is 4.08. The Balaban J connectivity index is 0.00000162. The van der Waals surface area contributed by atoms with E-state index in [4.69, 9.17) is 5.26 Å². The van der Waals surface area contributed by atoms with E-state index in [9.17, 15) is 24.0 Å². The number of carbonyl (C=O) groups is 5. The number of aromatic nitrogens is 3. The summed E-state index contributed by atoms with van der Waals surface area (Å²) in [6.45, 7) is 8.18. The molecular formula is C33H36N6O5. The quantitative estimate of drug-likeness (QED) is 0.181. The summed E-state index contributed by atoms with van der Waals surface area (Å²) in [5, 5.41) is 12.2. The van der Waals surface area contributed by atoms with Crippen molar-refractivity contribution in [2.24, 2.45) is 12.5 Å². The molecule has 4 rings (SSSR count). The maximum atomic E-state index is 13.6. The normalized spacial score (nSPS) is 10.2. The van der Waals surface area contributed by atoms with Crippen LogP contribution >= 0.6 is 0 Å². The van der Waals surface area contributed by atoms with Gasteiger partial charge >= 0.3 is 0 Å². The molecule has 0 aliphatic carbocycles. The lowest BCUT2D eigenvalue weighted by Gasteiger charge is -2.23. The number of fused-ring (bicyclic) bond motifs is 1. The minimum absolute atomic E-state index is 0.00502. The minimum atomic E-state index is -2.39. The Bertz CT molecular complexity index is 1600. The molecule has 44 heavy (non-hydrogen) atoms. The van der Waals surface area contributed by atoms with E-state index in [-0.39, 0.29) is 36.8 Å². The van der Waals surface area contributed by atoms with E-state index < -0.39 is 23.5 Å². The third kappa shape index (κ3) is 7.86. The van der Waals surface area contributed by atoms with Crippen molar-refractivity contribution in [3.8, 4) is 6.07 Å². The van der Waals surface area contributed by atoms with Gasteiger partial charge in [-0.15, -0.1) is 0 Å². The number of hydrogen-bond acceptors (Lipinski definition) is 9. The number of aldehydes is 3. The molecule has 1 amide bonds. The van der Waals surface area contributed by atoms with E-state index in [0.717, 1.165) is 11.2 Å². The summed E-state index contributed by atoms with van der Waals surface area (Å²) in [6.07, 6.45) is 1.08. The molecule has 1 N–H and O–H groups in total. The van der Waals surface area contributed by atoms with Gasteiger partial charge in [-0.05, 0) is 54.6 Å². The molecule has 0 radical (unpaired) electrons. The van der Waals surface area contributed by atoms with E-state index >= 15 is 0 Å². The molecule has 0 aliphatic rings. The van der Waals surface area contributed by atoms with Gasteiger partial charge in [-0.25, -0.2) is 9.97 Å². The van der Waals surface area contributed by atoms with Crippen LogP contribution in [-0.2, 0) is 32.8 Å². The highest BCUT2D eigenvalue weighted by molar-refractivity contribution is 6.24. The zero-order chi connectivity index (χ0) is 32.7. The summed E-state index contributed by atoms with van der Waals surface area (Å²) in [4.78, 5) is 70.2. The van der Waals surface area contributed by atoms with E-state index in [2.05, 4.69) is 21.4 Å². The third-order valence-electron chi connectivity index (χ3n) is 6.49. The van der Waals surface area contributed by atoms with Crippen molar-refractivity contribution in [3.05, 3.63) is 83.8 Å². The number of carbonyl (C=O) groups excluding carboxylic acids is 5. The van der Waals surface area contributed by atoms with Gasteiger partial charge < -0.3 is 24.3 Å². The second-order valence-corrected chi connectivity index (χ2v) is 8.94. The lowest BCUT2D eigenvalue weighted by molar-refractivity contribution is -0.142. The Morgan fingerprint density at radius 3 is 2.20 bits per heavy atom. The first-order valence-corrected chi connectivity index (χ1v) is 14.2. The van der Waals surface area contributed by atoms with Crippen LogP contribution in [0.15, 0.2) is 66.9 Å². The Morgan fingerprint density at radius 2 is 1.64 bits per heavy atom. The molecule has 0 unspecified atom stereocenters. The second kappa shape index (κ2) is 16.8. The van der Waals surface area contributed by atoms with Crippen molar-refractivity contribution in [1.29, 1.82) is 5.26 Å². The molecule has 0 saturated carbocycles. The first-order chi connectivity index (χ1) is 21.4. The van der Waals surface area contributed by atoms with Gasteiger partial charge in [-0.2, -0.15) is 5.26 Å². The van der Waals surface area contributed by atoms with Crippen LogP contribution in [0.1, 0.15) is 55.9 Å². The molecule has 0 aliphatic heterocycles. The first kappa shape index (κ1) is 34.7. The number of Topliss-reactive ketones (excluding diaryl/α,β-unsaturated/α-hetero) is 1. The molecule has 0 saturated heterocycles. The fraction of sp³-hybridized carbons (Fsp3) is 0.273. The van der Waals surface area contributed by atoms with Crippen molar-refractivity contribution in [2.45, 2.75) is 40.7 Å². The van der Waals surface area contributed by atoms with Gasteiger partial charge in [0.05, 0.1) is 29.2 Å². The highest BCUT2D eigenvalue weighted by atomic mass is 16.2. The maximum absolute atomic E-state index is 13.6. The smallest absolute Gasteiger partial charge is 0.259 e. The highest BCUT2D eigenvalue weighted by Gasteiger charge is 2.38. The maximum Gasteiger partial charge on any atom is 0.259 e. The van der Waals surface area contributed by atoms with Crippen LogP contribution in [0.2, 0.25) is 0 Å². The lowest BCUT2D eigenvalue weighted by Crippen LogP contribution is -2.40. The Kier molecular flexibility index (Phi) is 13.3. The number of aryl methyl sites for hydroxylation is 1. The average molecular weight is 597 g/mol. The molecule has 11 nitrogen and oxygen atoms in total. The molecule has 4 aromatic rings. The Morgan fingerprint density at radius 1 is 0.977 bits per heavy atom. The number of amides is 1. The molecule has 2 heterocycles. The number of nitrogens with one attached hydrogen (secondary N) is 1. The summed E-state index contributed by atoms with van der Waals surface area (Å²) in [5.74, 6) is -0.433. The zero-order valence-electron chi connectivity index (χ0n) is 25.5. The number of anilines is 2. The predicted octanol–water partition coefficient (Wildman–Crippen LogP) is 4.69. The molecule has 2 aromatic carbocycles. The number of hydrogen-bond donors (Lipinski definition) is 1. The largest absolute Gasteiger partial charge is 0.378 e. The summed E-state index contributed by atoms with van der Waals surface area (Å²) >= 11 is 0. The summed E-state index contributed by atoms with van der Waals surface area (Å²) < 4.78 is 1.90.